The maximum atomic E-state index is 12.7. The zero-order chi connectivity index (χ0) is 61.7. The average molecular weight is 1180 g/mol. The van der Waals surface area contributed by atoms with Gasteiger partial charge in [0.15, 0.2) is 0 Å². The highest BCUT2D eigenvalue weighted by molar-refractivity contribution is 5.74. The molecule has 0 heterocycles. The van der Waals surface area contributed by atoms with Crippen LogP contribution >= 0.6 is 0 Å². The number of carbonyl (C=O) groups is 5. The first-order valence-corrected chi connectivity index (χ1v) is 29.0. The molecule has 4 aromatic rings. The van der Waals surface area contributed by atoms with Crippen LogP contribution in [-0.4, -0.2) is 170 Å². The van der Waals surface area contributed by atoms with Crippen molar-refractivity contribution in [3.05, 3.63) is 119 Å². The fourth-order valence-electron chi connectivity index (χ4n) is 8.56. The topological polar surface area (TPSA) is 276 Å². The van der Waals surface area contributed by atoms with Gasteiger partial charge in [-0.05, 0) is 96.6 Å². The number of benzene rings is 4. The summed E-state index contributed by atoms with van der Waals surface area (Å²) in [6.45, 7) is 15.5. The molecule has 6 atom stereocenters. The number of aliphatic hydroxyl groups excluding tert-OH is 4. The Balaban J connectivity index is 1.10. The summed E-state index contributed by atoms with van der Waals surface area (Å²) < 4.78 is 43.6. The number of ether oxygens (including phenoxy) is 8. The summed E-state index contributed by atoms with van der Waals surface area (Å²) in [4.78, 5) is 62.2. The minimum absolute atomic E-state index is 0.0307. The van der Waals surface area contributed by atoms with Crippen LogP contribution in [0.15, 0.2) is 97.1 Å². The minimum Gasteiger partial charge on any atom is -0.491 e. The van der Waals surface area contributed by atoms with Gasteiger partial charge >= 0.3 is 29.8 Å². The second-order valence-corrected chi connectivity index (χ2v) is 22.0. The lowest BCUT2D eigenvalue weighted by molar-refractivity contribution is -0.151. The number of carboxylic acid groups (broad SMARTS) is 1. The molecule has 0 aliphatic carbocycles. The molecule has 0 bridgehead atoms. The number of carboxylic acids is 1. The lowest BCUT2D eigenvalue weighted by Gasteiger charge is -2.26. The van der Waals surface area contributed by atoms with Gasteiger partial charge in [-0.25, -0.2) is 0 Å². The number of carbonyl (C=O) groups excluding carboxylic acids is 4. The number of unbranched alkanes of at least 4 members (excludes halogenated alkanes) is 1. The van der Waals surface area contributed by atoms with Crippen LogP contribution in [0, 0.1) is 5.92 Å². The summed E-state index contributed by atoms with van der Waals surface area (Å²) in [5.41, 5.74) is 3.15. The van der Waals surface area contributed by atoms with E-state index >= 15 is 0 Å². The molecule has 0 amide bonds. The van der Waals surface area contributed by atoms with Gasteiger partial charge in [-0.15, -0.1) is 0 Å². The summed E-state index contributed by atoms with van der Waals surface area (Å²) in [6, 6.07) is 28.7. The number of aliphatic carboxylic acids is 1. The van der Waals surface area contributed by atoms with Crippen molar-refractivity contribution < 1.29 is 87.4 Å². The molecule has 6 N–H and O–H groups in total. The first-order valence-electron chi connectivity index (χ1n) is 29.0. The number of esters is 4. The van der Waals surface area contributed by atoms with Gasteiger partial charge in [0.1, 0.15) is 106 Å². The van der Waals surface area contributed by atoms with Crippen LogP contribution in [0.2, 0.25) is 0 Å². The molecule has 20 heteroatoms. The zero-order valence-electron chi connectivity index (χ0n) is 50.1. The van der Waals surface area contributed by atoms with E-state index in [1.165, 1.54) is 18.2 Å². The summed E-state index contributed by atoms with van der Waals surface area (Å²) in [5, 5.41) is 54.5. The van der Waals surface area contributed by atoms with Gasteiger partial charge < -0.3 is 68.7 Å². The Labute approximate surface area is 494 Å². The van der Waals surface area contributed by atoms with Crippen molar-refractivity contribution in [3.63, 3.8) is 0 Å². The van der Waals surface area contributed by atoms with Crippen molar-refractivity contribution in [1.29, 1.82) is 0 Å². The summed E-state index contributed by atoms with van der Waals surface area (Å²) >= 11 is 0. The van der Waals surface area contributed by atoms with Crippen molar-refractivity contribution in [3.8, 4) is 23.0 Å². The predicted octanol–water partition coefficient (Wildman–Crippen LogP) is 6.94. The quantitative estimate of drug-likeness (QED) is 0.0149. The van der Waals surface area contributed by atoms with Crippen LogP contribution in [0.4, 0.5) is 0 Å². The summed E-state index contributed by atoms with van der Waals surface area (Å²) in [6.07, 6.45) is -0.743. The lowest BCUT2D eigenvalue weighted by atomic mass is 9.78. The molecule has 0 aliphatic rings. The predicted molar refractivity (Wildman–Crippen MR) is 314 cm³/mol. The highest BCUT2D eigenvalue weighted by Gasteiger charge is 2.27. The Hall–Kier alpha value is -6.81. The van der Waals surface area contributed by atoms with Gasteiger partial charge in [0.25, 0.3) is 0 Å². The molecule has 0 aromatic heterocycles. The number of hydrogen-bond acceptors (Lipinski definition) is 19. The van der Waals surface area contributed by atoms with Gasteiger partial charge in [0, 0.05) is 36.9 Å². The van der Waals surface area contributed by atoms with Gasteiger partial charge in [0.05, 0.1) is 19.3 Å². The summed E-state index contributed by atoms with van der Waals surface area (Å²) in [5.74, 6) is -0.688. The summed E-state index contributed by atoms with van der Waals surface area (Å²) in [7, 11) is 0. The van der Waals surface area contributed by atoms with E-state index in [0.29, 0.717) is 35.5 Å². The Morgan fingerprint density at radius 3 is 1.08 bits per heavy atom. The van der Waals surface area contributed by atoms with E-state index in [2.05, 4.69) is 46.9 Å². The maximum Gasteiger partial charge on any atom is 0.320 e. The molecule has 0 saturated carbocycles. The Bertz CT molecular complexity index is 2580. The highest BCUT2D eigenvalue weighted by atomic mass is 16.6. The van der Waals surface area contributed by atoms with E-state index in [9.17, 15) is 49.5 Å². The molecule has 0 spiro atoms. The monoisotopic (exact) mass is 1170 g/mol. The second kappa shape index (κ2) is 36.1. The van der Waals surface area contributed by atoms with Crippen LogP contribution < -0.4 is 24.3 Å². The molecular weight excluding hydrogens is 1080 g/mol. The minimum atomic E-state index is -1.16. The maximum absolute atomic E-state index is 12.7. The van der Waals surface area contributed by atoms with Crippen LogP contribution in [0.25, 0.3) is 0 Å². The van der Waals surface area contributed by atoms with Gasteiger partial charge in [0.2, 0.25) is 0 Å². The molecule has 464 valence electrons. The third-order valence-corrected chi connectivity index (χ3v) is 14.3. The molecule has 4 rings (SSSR count). The van der Waals surface area contributed by atoms with E-state index < -0.39 is 65.2 Å². The van der Waals surface area contributed by atoms with Crippen molar-refractivity contribution in [2.24, 2.45) is 5.92 Å². The normalized spacial score (nSPS) is 13.8. The first kappa shape index (κ1) is 69.7. The highest BCUT2D eigenvalue weighted by Crippen LogP contribution is 2.35. The molecule has 84 heavy (non-hydrogen) atoms. The van der Waals surface area contributed by atoms with Crippen LogP contribution in [0.1, 0.15) is 123 Å². The van der Waals surface area contributed by atoms with Gasteiger partial charge in [-0.3, -0.25) is 28.9 Å². The van der Waals surface area contributed by atoms with Crippen LogP contribution in [-0.2, 0) is 53.8 Å². The van der Waals surface area contributed by atoms with E-state index in [0.717, 1.165) is 41.6 Å². The molecule has 0 radical (unpaired) electrons. The largest absolute Gasteiger partial charge is 0.491 e. The van der Waals surface area contributed by atoms with Gasteiger partial charge in [-0.2, -0.15) is 0 Å². The molecule has 0 fully saturated rings. The Kier molecular flexibility index (Phi) is 30.0. The number of hydrogen-bond donors (Lipinski definition) is 6. The molecule has 0 saturated heterocycles. The van der Waals surface area contributed by atoms with E-state index in [4.69, 9.17) is 37.9 Å². The fraction of sp³-hybridized carbons (Fsp3) is 0.547. The molecule has 20 nitrogen and oxygen atoms in total. The van der Waals surface area contributed by atoms with Crippen molar-refractivity contribution in [1.82, 2.24) is 10.2 Å². The Morgan fingerprint density at radius 1 is 0.476 bits per heavy atom. The molecular formula is C64H90N2O18. The van der Waals surface area contributed by atoms with Crippen molar-refractivity contribution in [2.75, 3.05) is 79.0 Å². The SMILES string of the molecule is CCCCC(C)CNCCC(=O)OCC(O)COc1ccc(C(C)(C)c2ccc(OCC(O)COC(=O)CCN(CCC(=O)OCC(O)COc3ccc(C(C)(C)c4ccc(OCC(O)COC(=O)CC)cc4)cc3)C(C)C(=O)O)cc2)cc1. The number of nitrogens with zero attached hydrogens (tertiary/aromatic N) is 1. The zero-order valence-corrected chi connectivity index (χ0v) is 50.1. The van der Waals surface area contributed by atoms with E-state index in [1.807, 2.05) is 60.7 Å². The third-order valence-electron chi connectivity index (χ3n) is 14.3. The number of nitrogens with one attached hydrogen (secondary N) is 1. The molecule has 6 unspecified atom stereocenters. The van der Waals surface area contributed by atoms with E-state index in [-0.39, 0.29) is 97.6 Å². The van der Waals surface area contributed by atoms with Crippen LogP contribution in [0.5, 0.6) is 23.0 Å². The Morgan fingerprint density at radius 2 is 0.786 bits per heavy atom. The number of rotatable bonds is 41. The molecule has 4 aromatic carbocycles. The van der Waals surface area contributed by atoms with Crippen molar-refractivity contribution >= 4 is 29.8 Å². The standard InChI is InChI=1S/C64H90N2O18/c1-9-11-12-44(3)35-65-32-29-59(72)82-41-51(68)37-78-55-23-15-47(16-24-55)64(7,8)49-19-27-57(28-20-49)80-39-53(70)43-84-61(74)31-34-66(45(4)62(75)76)33-30-60(73)83-42-52(69)38-79-56-25-17-48(18-26-56)63(5,6)46-13-21-54(22-14-46)77-36-50(67)40-81-58(71)10-2/h13-28,44-45,50-53,65,67-70H,9-12,29-43H2,1-8H3,(H,75,76). The molecule has 0 aliphatic heterocycles. The fourth-order valence-corrected chi connectivity index (χ4v) is 8.56. The second-order valence-electron chi connectivity index (χ2n) is 22.0. The smallest absolute Gasteiger partial charge is 0.320 e. The first-order chi connectivity index (χ1) is 40.0. The number of aliphatic hydroxyl groups is 4. The van der Waals surface area contributed by atoms with Gasteiger partial charge in [-0.1, -0.05) is 110 Å². The third kappa shape index (κ3) is 25.2. The average Bonchev–Trinajstić information content (AvgIpc) is 3.65. The van der Waals surface area contributed by atoms with Crippen molar-refractivity contribution in [2.45, 2.75) is 142 Å². The lowest BCUT2D eigenvalue weighted by Crippen LogP contribution is -2.41. The van der Waals surface area contributed by atoms with E-state index in [1.54, 1.807) is 43.3 Å². The van der Waals surface area contributed by atoms with Crippen LogP contribution in [0.3, 0.4) is 0 Å².